The first-order valence-electron chi connectivity index (χ1n) is 3.92. The number of hydrogen-bond acceptors (Lipinski definition) is 1. The van der Waals surface area contributed by atoms with Crippen LogP contribution in [0.3, 0.4) is 0 Å². The fourth-order valence-electron chi connectivity index (χ4n) is 0.797. The van der Waals surface area contributed by atoms with Crippen LogP contribution in [-0.4, -0.2) is 29.2 Å². The number of amides is 1. The van der Waals surface area contributed by atoms with E-state index in [0.717, 1.165) is 0 Å². The minimum atomic E-state index is -0.876. The molecule has 68 valence electrons. The van der Waals surface area contributed by atoms with Crippen molar-refractivity contribution in [2.45, 2.75) is 12.8 Å². The Morgan fingerprint density at radius 2 is 1.67 bits per heavy atom. The molecular formula is C9H15NO2. The third-order valence-corrected chi connectivity index (χ3v) is 1.48. The predicted octanol–water partition coefficient (Wildman–Crippen LogP) is 2.12. The van der Waals surface area contributed by atoms with Crippen molar-refractivity contribution in [1.82, 2.24) is 4.90 Å². The fourth-order valence-corrected chi connectivity index (χ4v) is 0.797. The third kappa shape index (κ3) is 4.55. The highest BCUT2D eigenvalue weighted by molar-refractivity contribution is 5.64. The molecule has 0 saturated heterocycles. The molecule has 0 unspecified atom stereocenters. The minimum Gasteiger partial charge on any atom is -0.465 e. The van der Waals surface area contributed by atoms with Gasteiger partial charge in [0, 0.05) is 13.1 Å². The molecule has 0 saturated carbocycles. The van der Waals surface area contributed by atoms with E-state index in [-0.39, 0.29) is 0 Å². The Labute approximate surface area is 73.0 Å². The Kier molecular flexibility index (Phi) is 5.79. The van der Waals surface area contributed by atoms with Gasteiger partial charge >= 0.3 is 6.09 Å². The number of nitrogens with zero attached hydrogens (tertiary/aromatic N) is 1. The van der Waals surface area contributed by atoms with Crippen molar-refractivity contribution in [3.05, 3.63) is 25.3 Å². The van der Waals surface area contributed by atoms with Gasteiger partial charge < -0.3 is 10.0 Å². The summed E-state index contributed by atoms with van der Waals surface area (Å²) in [5.41, 5.74) is 0. The maximum absolute atomic E-state index is 10.6. The average Bonchev–Trinajstić information content (AvgIpc) is 2.04. The lowest BCUT2D eigenvalue weighted by molar-refractivity contribution is 0.147. The molecule has 0 bridgehead atoms. The van der Waals surface area contributed by atoms with Crippen LogP contribution in [-0.2, 0) is 0 Å². The van der Waals surface area contributed by atoms with E-state index < -0.39 is 6.09 Å². The van der Waals surface area contributed by atoms with Crippen molar-refractivity contribution < 1.29 is 9.90 Å². The minimum absolute atomic E-state index is 0.521. The second-order valence-electron chi connectivity index (χ2n) is 2.42. The van der Waals surface area contributed by atoms with Gasteiger partial charge in [0.25, 0.3) is 0 Å². The van der Waals surface area contributed by atoms with E-state index in [9.17, 15) is 4.79 Å². The van der Waals surface area contributed by atoms with Crippen LogP contribution >= 0.6 is 0 Å². The maximum Gasteiger partial charge on any atom is 0.407 e. The third-order valence-electron chi connectivity index (χ3n) is 1.48. The van der Waals surface area contributed by atoms with Crippen LogP contribution in [0, 0.1) is 0 Å². The van der Waals surface area contributed by atoms with Crippen molar-refractivity contribution in [2.75, 3.05) is 13.1 Å². The zero-order valence-electron chi connectivity index (χ0n) is 7.20. The molecule has 0 atom stereocenters. The summed E-state index contributed by atoms with van der Waals surface area (Å²) in [6.45, 7) is 8.11. The summed E-state index contributed by atoms with van der Waals surface area (Å²) in [5, 5.41) is 8.68. The summed E-state index contributed by atoms with van der Waals surface area (Å²) in [4.78, 5) is 11.9. The summed E-state index contributed by atoms with van der Waals surface area (Å²) in [6.07, 6.45) is 3.94. The highest BCUT2D eigenvalue weighted by atomic mass is 16.4. The Morgan fingerprint density at radius 3 is 1.92 bits per heavy atom. The lowest BCUT2D eigenvalue weighted by Crippen LogP contribution is -2.30. The molecule has 0 radical (unpaired) electrons. The largest absolute Gasteiger partial charge is 0.465 e. The van der Waals surface area contributed by atoms with Crippen LogP contribution in [0.5, 0.6) is 0 Å². The molecule has 3 heteroatoms. The topological polar surface area (TPSA) is 40.5 Å². The van der Waals surface area contributed by atoms with Gasteiger partial charge in [-0.25, -0.2) is 4.79 Å². The Balaban J connectivity index is 3.77. The van der Waals surface area contributed by atoms with Crippen LogP contribution in [0.25, 0.3) is 0 Å². The molecule has 0 rings (SSSR count). The first-order valence-corrected chi connectivity index (χ1v) is 3.92. The molecule has 12 heavy (non-hydrogen) atoms. The van der Waals surface area contributed by atoms with Crippen LogP contribution in [0.2, 0.25) is 0 Å². The molecule has 0 aliphatic rings. The van der Waals surface area contributed by atoms with E-state index in [4.69, 9.17) is 5.11 Å². The van der Waals surface area contributed by atoms with E-state index in [1.807, 2.05) is 0 Å². The molecule has 0 aliphatic heterocycles. The quantitative estimate of drug-likeness (QED) is 0.619. The lowest BCUT2D eigenvalue weighted by Gasteiger charge is -2.16. The fraction of sp³-hybridized carbons (Fsp3) is 0.444. The lowest BCUT2D eigenvalue weighted by atomic mass is 10.3. The molecule has 1 amide bonds. The molecule has 0 fully saturated rings. The Hall–Kier alpha value is -1.25. The van der Waals surface area contributed by atoms with Gasteiger partial charge in [0.1, 0.15) is 0 Å². The van der Waals surface area contributed by atoms with E-state index in [1.165, 1.54) is 4.90 Å². The van der Waals surface area contributed by atoms with Crippen LogP contribution in [0.1, 0.15) is 12.8 Å². The number of carbonyl (C=O) groups is 1. The first kappa shape index (κ1) is 10.8. The monoisotopic (exact) mass is 169 g/mol. The van der Waals surface area contributed by atoms with Gasteiger partial charge in [-0.3, -0.25) is 0 Å². The second kappa shape index (κ2) is 6.46. The molecule has 0 heterocycles. The highest BCUT2D eigenvalue weighted by Gasteiger charge is 2.07. The number of carboxylic acid groups (broad SMARTS) is 1. The van der Waals surface area contributed by atoms with E-state index in [2.05, 4.69) is 13.2 Å². The first-order chi connectivity index (χ1) is 5.72. The summed E-state index contributed by atoms with van der Waals surface area (Å²) in [5.74, 6) is 0. The van der Waals surface area contributed by atoms with Gasteiger partial charge in [-0.1, -0.05) is 12.2 Å². The molecule has 0 aromatic carbocycles. The summed E-state index contributed by atoms with van der Waals surface area (Å²) < 4.78 is 0. The average molecular weight is 169 g/mol. The van der Waals surface area contributed by atoms with Gasteiger partial charge in [-0.05, 0) is 12.8 Å². The number of hydrogen-bond donors (Lipinski definition) is 1. The SMILES string of the molecule is C=CCCN(CCC=C)C(=O)O. The molecule has 0 spiro atoms. The second-order valence-corrected chi connectivity index (χ2v) is 2.42. The smallest absolute Gasteiger partial charge is 0.407 e. The molecular weight excluding hydrogens is 154 g/mol. The van der Waals surface area contributed by atoms with Crippen molar-refractivity contribution in [2.24, 2.45) is 0 Å². The van der Waals surface area contributed by atoms with Crippen molar-refractivity contribution in [3.8, 4) is 0 Å². The van der Waals surface area contributed by atoms with Crippen molar-refractivity contribution in [1.29, 1.82) is 0 Å². The predicted molar refractivity (Wildman–Crippen MR) is 49.2 cm³/mol. The standard InChI is InChI=1S/C9H15NO2/c1-3-5-7-10(9(11)12)8-6-4-2/h3-4H,1-2,5-8H2,(H,11,12). The molecule has 0 aliphatic carbocycles. The summed E-state index contributed by atoms with van der Waals surface area (Å²) >= 11 is 0. The Morgan fingerprint density at radius 1 is 1.25 bits per heavy atom. The van der Waals surface area contributed by atoms with E-state index in [0.29, 0.717) is 25.9 Å². The Bertz CT molecular complexity index is 154. The summed E-state index contributed by atoms with van der Waals surface area (Å²) in [6, 6.07) is 0. The van der Waals surface area contributed by atoms with Gasteiger partial charge in [0.2, 0.25) is 0 Å². The van der Waals surface area contributed by atoms with Crippen molar-refractivity contribution in [3.63, 3.8) is 0 Å². The highest BCUT2D eigenvalue weighted by Crippen LogP contribution is 1.95. The molecule has 0 aromatic rings. The van der Waals surface area contributed by atoms with Crippen LogP contribution < -0.4 is 0 Å². The van der Waals surface area contributed by atoms with Crippen LogP contribution in [0.15, 0.2) is 25.3 Å². The zero-order chi connectivity index (χ0) is 9.40. The van der Waals surface area contributed by atoms with Crippen molar-refractivity contribution >= 4 is 6.09 Å². The molecule has 0 aromatic heterocycles. The number of rotatable bonds is 6. The van der Waals surface area contributed by atoms with Gasteiger partial charge in [-0.2, -0.15) is 0 Å². The summed E-state index contributed by atoms with van der Waals surface area (Å²) in [7, 11) is 0. The zero-order valence-corrected chi connectivity index (χ0v) is 7.20. The van der Waals surface area contributed by atoms with Gasteiger partial charge in [0.05, 0.1) is 0 Å². The maximum atomic E-state index is 10.6. The van der Waals surface area contributed by atoms with Crippen LogP contribution in [0.4, 0.5) is 4.79 Å². The van der Waals surface area contributed by atoms with Gasteiger partial charge in [0.15, 0.2) is 0 Å². The van der Waals surface area contributed by atoms with E-state index >= 15 is 0 Å². The van der Waals surface area contributed by atoms with E-state index in [1.54, 1.807) is 12.2 Å². The molecule has 1 N–H and O–H groups in total. The van der Waals surface area contributed by atoms with Gasteiger partial charge in [-0.15, -0.1) is 13.2 Å². The normalized spacial score (nSPS) is 9.00. The molecule has 3 nitrogen and oxygen atoms in total.